The molecule has 0 fully saturated rings. The van der Waals surface area contributed by atoms with Crippen LogP contribution in [-0.4, -0.2) is 27.7 Å². The summed E-state index contributed by atoms with van der Waals surface area (Å²) in [6.45, 7) is 2.06. The fourth-order valence-corrected chi connectivity index (χ4v) is 3.36. The van der Waals surface area contributed by atoms with Gasteiger partial charge in [-0.25, -0.2) is 4.98 Å². The summed E-state index contributed by atoms with van der Waals surface area (Å²) in [4.78, 5) is 16.1. The number of carbonyl (C=O) groups is 1. The zero-order chi connectivity index (χ0) is 20.9. The zero-order valence-electron chi connectivity index (χ0n) is 15.5. The van der Waals surface area contributed by atoms with E-state index in [2.05, 4.69) is 16.8 Å². The van der Waals surface area contributed by atoms with Crippen LogP contribution in [0.3, 0.4) is 0 Å². The fourth-order valence-electron chi connectivity index (χ4n) is 2.62. The van der Waals surface area contributed by atoms with Crippen LogP contribution in [0.1, 0.15) is 29.4 Å². The standard InChI is InChI=1S/C21H17F3N2O2S/c1-2-28-20(27)14-29-13-17-18(26-11-4-3-8-19(26)25-17)10-9-15-6-5-7-16(12-15)21(22,23)24/h3-8,11-12H,2,13-14H2,1H3. The molecule has 0 radical (unpaired) electrons. The third-order valence-electron chi connectivity index (χ3n) is 3.88. The Balaban J connectivity index is 1.89. The van der Waals surface area contributed by atoms with Gasteiger partial charge in [0.15, 0.2) is 0 Å². The van der Waals surface area contributed by atoms with E-state index >= 15 is 0 Å². The monoisotopic (exact) mass is 418 g/mol. The van der Waals surface area contributed by atoms with Crippen molar-refractivity contribution in [1.82, 2.24) is 9.38 Å². The van der Waals surface area contributed by atoms with E-state index in [0.717, 1.165) is 12.1 Å². The molecule has 150 valence electrons. The van der Waals surface area contributed by atoms with Crippen molar-refractivity contribution in [1.29, 1.82) is 0 Å². The number of hydrogen-bond donors (Lipinski definition) is 0. The van der Waals surface area contributed by atoms with Crippen LogP contribution in [0.5, 0.6) is 0 Å². The molecule has 2 aromatic heterocycles. The van der Waals surface area contributed by atoms with Crippen LogP contribution in [0.2, 0.25) is 0 Å². The molecule has 0 unspecified atom stereocenters. The summed E-state index contributed by atoms with van der Waals surface area (Å²) >= 11 is 1.34. The molecule has 0 N–H and O–H groups in total. The molecular formula is C21H17F3N2O2S. The Hall–Kier alpha value is -2.92. The maximum absolute atomic E-state index is 12.9. The molecule has 2 heterocycles. The number of rotatable bonds is 5. The van der Waals surface area contributed by atoms with Crippen LogP contribution in [0, 0.1) is 11.8 Å². The molecule has 0 spiro atoms. The molecule has 0 bridgehead atoms. The van der Waals surface area contributed by atoms with Crippen LogP contribution in [0.15, 0.2) is 48.7 Å². The first-order chi connectivity index (χ1) is 13.9. The Kier molecular flexibility index (Phi) is 6.49. The van der Waals surface area contributed by atoms with E-state index < -0.39 is 11.7 Å². The van der Waals surface area contributed by atoms with Crippen molar-refractivity contribution in [3.8, 4) is 11.8 Å². The number of ether oxygens (including phenoxy) is 1. The summed E-state index contributed by atoms with van der Waals surface area (Å²) in [6, 6.07) is 10.4. The largest absolute Gasteiger partial charge is 0.465 e. The quantitative estimate of drug-likeness (QED) is 0.451. The molecule has 8 heteroatoms. The topological polar surface area (TPSA) is 43.6 Å². The fraction of sp³-hybridized carbons (Fsp3) is 0.238. The molecule has 0 amide bonds. The number of thioether (sulfide) groups is 1. The smallest absolute Gasteiger partial charge is 0.416 e. The normalized spacial score (nSPS) is 11.2. The van der Waals surface area contributed by atoms with Crippen LogP contribution in [0.4, 0.5) is 13.2 Å². The molecule has 3 aromatic rings. The van der Waals surface area contributed by atoms with Gasteiger partial charge in [0.2, 0.25) is 0 Å². The first-order valence-corrected chi connectivity index (χ1v) is 9.92. The lowest BCUT2D eigenvalue weighted by Crippen LogP contribution is -2.07. The van der Waals surface area contributed by atoms with Crippen molar-refractivity contribution in [3.05, 3.63) is 71.2 Å². The summed E-state index contributed by atoms with van der Waals surface area (Å²) in [5.74, 6) is 6.05. The molecule has 0 atom stereocenters. The number of nitrogens with zero attached hydrogens (tertiary/aromatic N) is 2. The molecule has 3 rings (SSSR count). The highest BCUT2D eigenvalue weighted by Crippen LogP contribution is 2.29. The van der Waals surface area contributed by atoms with E-state index in [1.807, 2.05) is 18.2 Å². The average Bonchev–Trinajstić information content (AvgIpc) is 3.03. The summed E-state index contributed by atoms with van der Waals surface area (Å²) in [7, 11) is 0. The van der Waals surface area contributed by atoms with Crippen molar-refractivity contribution in [2.45, 2.75) is 18.9 Å². The first-order valence-electron chi connectivity index (χ1n) is 8.77. The summed E-state index contributed by atoms with van der Waals surface area (Å²) in [5, 5.41) is 0. The van der Waals surface area contributed by atoms with E-state index in [1.165, 1.54) is 23.9 Å². The number of benzene rings is 1. The van der Waals surface area contributed by atoms with Gasteiger partial charge >= 0.3 is 12.1 Å². The van der Waals surface area contributed by atoms with Gasteiger partial charge in [0, 0.05) is 17.5 Å². The van der Waals surface area contributed by atoms with Gasteiger partial charge in [-0.05, 0) is 43.2 Å². The molecule has 0 saturated heterocycles. The number of esters is 1. The molecule has 4 nitrogen and oxygen atoms in total. The summed E-state index contributed by atoms with van der Waals surface area (Å²) in [5.41, 5.74) is 1.43. The van der Waals surface area contributed by atoms with Gasteiger partial charge in [-0.15, -0.1) is 11.8 Å². The third kappa shape index (κ3) is 5.33. The van der Waals surface area contributed by atoms with Crippen molar-refractivity contribution in [2.75, 3.05) is 12.4 Å². The zero-order valence-corrected chi connectivity index (χ0v) is 16.3. The van der Waals surface area contributed by atoms with Crippen LogP contribution >= 0.6 is 11.8 Å². The minimum atomic E-state index is -4.42. The van der Waals surface area contributed by atoms with Crippen molar-refractivity contribution >= 4 is 23.4 Å². The Morgan fingerprint density at radius 2 is 2.03 bits per heavy atom. The maximum Gasteiger partial charge on any atom is 0.416 e. The second-order valence-corrected chi connectivity index (χ2v) is 6.95. The van der Waals surface area contributed by atoms with Crippen molar-refractivity contribution < 1.29 is 22.7 Å². The van der Waals surface area contributed by atoms with Crippen molar-refractivity contribution in [3.63, 3.8) is 0 Å². The number of carbonyl (C=O) groups excluding carboxylic acids is 1. The second-order valence-electron chi connectivity index (χ2n) is 5.96. The highest BCUT2D eigenvalue weighted by molar-refractivity contribution is 7.99. The Morgan fingerprint density at radius 1 is 1.21 bits per heavy atom. The number of fused-ring (bicyclic) bond motifs is 1. The molecular weight excluding hydrogens is 401 g/mol. The van der Waals surface area contributed by atoms with Gasteiger partial charge in [0.05, 0.1) is 23.6 Å². The number of aromatic nitrogens is 2. The van der Waals surface area contributed by atoms with Crippen molar-refractivity contribution in [2.24, 2.45) is 0 Å². The third-order valence-corrected chi connectivity index (χ3v) is 4.80. The molecule has 0 aliphatic heterocycles. The second kappa shape index (κ2) is 9.05. The van der Waals surface area contributed by atoms with Crippen LogP contribution in [0.25, 0.3) is 5.65 Å². The molecule has 29 heavy (non-hydrogen) atoms. The lowest BCUT2D eigenvalue weighted by molar-refractivity contribution is -0.140. The highest BCUT2D eigenvalue weighted by Gasteiger charge is 2.30. The average molecular weight is 418 g/mol. The SMILES string of the molecule is CCOC(=O)CSCc1nc2ccccn2c1C#Cc1cccc(C(F)(F)F)c1. The summed E-state index contributed by atoms with van der Waals surface area (Å²) < 4.78 is 45.4. The summed E-state index contributed by atoms with van der Waals surface area (Å²) in [6.07, 6.45) is -2.63. The molecule has 0 aliphatic carbocycles. The maximum atomic E-state index is 12.9. The van der Waals surface area contributed by atoms with Crippen LogP contribution in [-0.2, 0) is 21.5 Å². The minimum absolute atomic E-state index is 0.183. The van der Waals surface area contributed by atoms with E-state index in [4.69, 9.17) is 4.74 Å². The number of imidazole rings is 1. The van der Waals surface area contributed by atoms with E-state index in [-0.39, 0.29) is 17.3 Å². The molecule has 0 aliphatic rings. The van der Waals surface area contributed by atoms with Gasteiger partial charge < -0.3 is 4.74 Å². The Morgan fingerprint density at radius 3 is 2.79 bits per heavy atom. The van der Waals surface area contributed by atoms with Crippen LogP contribution < -0.4 is 0 Å². The lowest BCUT2D eigenvalue weighted by atomic mass is 10.1. The number of halogens is 3. The van der Waals surface area contributed by atoms with Gasteiger partial charge in [0.1, 0.15) is 11.3 Å². The predicted molar refractivity (Wildman–Crippen MR) is 105 cm³/mol. The predicted octanol–water partition coefficient (Wildman–Crippen LogP) is 4.55. The number of hydrogen-bond acceptors (Lipinski definition) is 4. The molecule has 1 aromatic carbocycles. The molecule has 0 saturated carbocycles. The number of pyridine rings is 1. The van der Waals surface area contributed by atoms with E-state index in [9.17, 15) is 18.0 Å². The minimum Gasteiger partial charge on any atom is -0.465 e. The first kappa shape index (κ1) is 20.8. The lowest BCUT2D eigenvalue weighted by Gasteiger charge is -2.05. The van der Waals surface area contributed by atoms with Gasteiger partial charge in [-0.1, -0.05) is 18.1 Å². The number of alkyl halides is 3. The van der Waals surface area contributed by atoms with Gasteiger partial charge in [-0.2, -0.15) is 13.2 Å². The Bertz CT molecular complexity index is 1080. The Labute approximate surface area is 170 Å². The van der Waals surface area contributed by atoms with Gasteiger partial charge in [-0.3, -0.25) is 9.20 Å². The van der Waals surface area contributed by atoms with Gasteiger partial charge in [0.25, 0.3) is 0 Å². The van der Waals surface area contributed by atoms with E-state index in [1.54, 1.807) is 17.5 Å². The highest BCUT2D eigenvalue weighted by atomic mass is 32.2. The van der Waals surface area contributed by atoms with E-state index in [0.29, 0.717) is 29.4 Å².